The molecule has 1 fully saturated rings. The molecule has 1 atom stereocenters. The van der Waals surface area contributed by atoms with Crippen LogP contribution in [-0.2, 0) is 9.47 Å². The Balaban J connectivity index is 2.06. The van der Waals surface area contributed by atoms with Crippen molar-refractivity contribution in [2.24, 2.45) is 5.73 Å². The molecule has 18 heavy (non-hydrogen) atoms. The van der Waals surface area contributed by atoms with Crippen LogP contribution >= 0.6 is 0 Å². The number of ether oxygens (including phenoxy) is 4. The number of rotatable bonds is 5. The van der Waals surface area contributed by atoms with Crippen LogP contribution < -0.4 is 15.2 Å². The van der Waals surface area contributed by atoms with Crippen LogP contribution in [0.1, 0.15) is 18.0 Å². The Hall–Kier alpha value is -1.30. The van der Waals surface area contributed by atoms with Gasteiger partial charge in [-0.1, -0.05) is 6.07 Å². The lowest BCUT2D eigenvalue weighted by Crippen LogP contribution is -2.19. The van der Waals surface area contributed by atoms with Crippen LogP contribution in [0.25, 0.3) is 0 Å². The van der Waals surface area contributed by atoms with Gasteiger partial charge in [-0.25, -0.2) is 0 Å². The average molecular weight is 253 g/mol. The summed E-state index contributed by atoms with van der Waals surface area (Å²) in [5.41, 5.74) is 7.11. The molecule has 1 aromatic rings. The quantitative estimate of drug-likeness (QED) is 0.861. The van der Waals surface area contributed by atoms with Gasteiger partial charge in [0.15, 0.2) is 17.8 Å². The molecule has 0 saturated carbocycles. The molecule has 0 amide bonds. The number of benzene rings is 1. The lowest BCUT2D eigenvalue weighted by Gasteiger charge is -2.17. The van der Waals surface area contributed by atoms with Crippen molar-refractivity contribution in [3.8, 4) is 11.5 Å². The Morgan fingerprint density at radius 2 is 1.89 bits per heavy atom. The minimum absolute atomic E-state index is 0.145. The Morgan fingerprint density at radius 1 is 1.22 bits per heavy atom. The second kappa shape index (κ2) is 6.04. The average Bonchev–Trinajstić information content (AvgIpc) is 2.90. The zero-order valence-corrected chi connectivity index (χ0v) is 10.7. The minimum atomic E-state index is -0.201. The van der Waals surface area contributed by atoms with Crippen molar-refractivity contribution >= 4 is 0 Å². The zero-order chi connectivity index (χ0) is 13.0. The summed E-state index contributed by atoms with van der Waals surface area (Å²) in [6, 6.07) is 5.52. The smallest absolute Gasteiger partial charge is 0.161 e. The first-order valence-corrected chi connectivity index (χ1v) is 5.95. The molecule has 2 N–H and O–H groups in total. The summed E-state index contributed by atoms with van der Waals surface area (Å²) in [4.78, 5) is 0. The standard InChI is InChI=1S/C13H19NO4/c1-15-11-4-3-9(7-12(11)16-2)10(14)8-13-17-5-6-18-13/h3-4,7,10,13H,5-6,8,14H2,1-2H3. The fourth-order valence-electron chi connectivity index (χ4n) is 1.97. The van der Waals surface area contributed by atoms with Gasteiger partial charge >= 0.3 is 0 Å². The maximum Gasteiger partial charge on any atom is 0.161 e. The lowest BCUT2D eigenvalue weighted by atomic mass is 10.0. The van der Waals surface area contributed by atoms with E-state index in [4.69, 9.17) is 24.7 Å². The maximum absolute atomic E-state index is 6.13. The molecular formula is C13H19NO4. The molecule has 1 aromatic carbocycles. The Bertz CT molecular complexity index is 391. The van der Waals surface area contributed by atoms with Crippen LogP contribution in [0.3, 0.4) is 0 Å². The molecule has 0 spiro atoms. The van der Waals surface area contributed by atoms with E-state index < -0.39 is 0 Å². The van der Waals surface area contributed by atoms with Gasteiger partial charge in [0.2, 0.25) is 0 Å². The van der Waals surface area contributed by atoms with Crippen molar-refractivity contribution < 1.29 is 18.9 Å². The van der Waals surface area contributed by atoms with Crippen molar-refractivity contribution in [2.45, 2.75) is 18.8 Å². The number of hydrogen-bond donors (Lipinski definition) is 1. The van der Waals surface area contributed by atoms with Gasteiger partial charge in [0, 0.05) is 12.5 Å². The summed E-state index contributed by atoms with van der Waals surface area (Å²) in [6.07, 6.45) is 0.434. The van der Waals surface area contributed by atoms with Gasteiger partial charge in [-0.15, -0.1) is 0 Å². The highest BCUT2D eigenvalue weighted by Crippen LogP contribution is 2.31. The van der Waals surface area contributed by atoms with Gasteiger partial charge < -0.3 is 24.7 Å². The summed E-state index contributed by atoms with van der Waals surface area (Å²) < 4.78 is 21.2. The summed E-state index contributed by atoms with van der Waals surface area (Å²) in [5, 5.41) is 0. The lowest BCUT2D eigenvalue weighted by molar-refractivity contribution is -0.0507. The number of methoxy groups -OCH3 is 2. The van der Waals surface area contributed by atoms with Crippen molar-refractivity contribution in [1.29, 1.82) is 0 Å². The first-order valence-electron chi connectivity index (χ1n) is 5.95. The molecule has 0 radical (unpaired) electrons. The van der Waals surface area contributed by atoms with Crippen molar-refractivity contribution in [3.05, 3.63) is 23.8 Å². The summed E-state index contributed by atoms with van der Waals surface area (Å²) >= 11 is 0. The van der Waals surface area contributed by atoms with Crippen LogP contribution in [0.15, 0.2) is 18.2 Å². The maximum atomic E-state index is 6.13. The van der Waals surface area contributed by atoms with Gasteiger partial charge in [-0.3, -0.25) is 0 Å². The van der Waals surface area contributed by atoms with Crippen LogP contribution in [0.4, 0.5) is 0 Å². The van der Waals surface area contributed by atoms with Crippen LogP contribution in [0, 0.1) is 0 Å². The van der Waals surface area contributed by atoms with Crippen molar-refractivity contribution in [1.82, 2.24) is 0 Å². The third-order valence-corrected chi connectivity index (χ3v) is 2.97. The molecule has 2 rings (SSSR count). The molecule has 0 aliphatic carbocycles. The molecule has 0 aromatic heterocycles. The topological polar surface area (TPSA) is 62.9 Å². The van der Waals surface area contributed by atoms with E-state index in [-0.39, 0.29) is 12.3 Å². The molecule has 1 heterocycles. The van der Waals surface area contributed by atoms with E-state index in [1.54, 1.807) is 14.2 Å². The second-order valence-corrected chi connectivity index (χ2v) is 4.13. The number of hydrogen-bond acceptors (Lipinski definition) is 5. The van der Waals surface area contributed by atoms with Gasteiger partial charge in [-0.05, 0) is 17.7 Å². The predicted octanol–water partition coefficient (Wildman–Crippen LogP) is 1.47. The van der Waals surface area contributed by atoms with Gasteiger partial charge in [-0.2, -0.15) is 0 Å². The summed E-state index contributed by atoms with van der Waals surface area (Å²) in [7, 11) is 3.22. The first kappa shape index (κ1) is 13.1. The minimum Gasteiger partial charge on any atom is -0.493 e. The fraction of sp³-hybridized carbons (Fsp3) is 0.538. The molecular weight excluding hydrogens is 234 g/mol. The normalized spacial score (nSPS) is 17.7. The second-order valence-electron chi connectivity index (χ2n) is 4.13. The van der Waals surface area contributed by atoms with Gasteiger partial charge in [0.25, 0.3) is 0 Å². The van der Waals surface area contributed by atoms with Crippen LogP contribution in [0.5, 0.6) is 11.5 Å². The Morgan fingerprint density at radius 3 is 2.50 bits per heavy atom. The Kier molecular flexibility index (Phi) is 4.41. The Labute approximate surface area is 107 Å². The van der Waals surface area contributed by atoms with Crippen molar-refractivity contribution in [2.75, 3.05) is 27.4 Å². The molecule has 5 heteroatoms. The molecule has 0 bridgehead atoms. The van der Waals surface area contributed by atoms with Crippen molar-refractivity contribution in [3.63, 3.8) is 0 Å². The molecule has 1 saturated heterocycles. The highest BCUT2D eigenvalue weighted by atomic mass is 16.7. The van der Waals surface area contributed by atoms with E-state index >= 15 is 0 Å². The van der Waals surface area contributed by atoms with Gasteiger partial charge in [0.1, 0.15) is 0 Å². The third-order valence-electron chi connectivity index (χ3n) is 2.97. The SMILES string of the molecule is COc1ccc(C(N)CC2OCCO2)cc1OC. The fourth-order valence-corrected chi connectivity index (χ4v) is 1.97. The van der Waals surface area contributed by atoms with Crippen LogP contribution in [-0.4, -0.2) is 33.7 Å². The summed E-state index contributed by atoms with van der Waals surface area (Å²) in [6.45, 7) is 1.28. The molecule has 1 aliphatic rings. The van der Waals surface area contributed by atoms with Gasteiger partial charge in [0.05, 0.1) is 27.4 Å². The zero-order valence-electron chi connectivity index (χ0n) is 10.7. The molecule has 5 nitrogen and oxygen atoms in total. The predicted molar refractivity (Wildman–Crippen MR) is 66.8 cm³/mol. The molecule has 100 valence electrons. The highest BCUT2D eigenvalue weighted by molar-refractivity contribution is 5.43. The highest BCUT2D eigenvalue weighted by Gasteiger charge is 2.21. The largest absolute Gasteiger partial charge is 0.493 e. The van der Waals surface area contributed by atoms with E-state index in [9.17, 15) is 0 Å². The molecule has 1 aliphatic heterocycles. The van der Waals surface area contributed by atoms with E-state index in [2.05, 4.69) is 0 Å². The summed E-state index contributed by atoms with van der Waals surface area (Å²) in [5.74, 6) is 1.38. The van der Waals surface area contributed by atoms with E-state index in [0.29, 0.717) is 31.1 Å². The first-order chi connectivity index (χ1) is 8.74. The van der Waals surface area contributed by atoms with Crippen LogP contribution in [0.2, 0.25) is 0 Å². The molecule has 1 unspecified atom stereocenters. The van der Waals surface area contributed by atoms with E-state index in [1.165, 1.54) is 0 Å². The van der Waals surface area contributed by atoms with E-state index in [1.807, 2.05) is 18.2 Å². The third kappa shape index (κ3) is 2.93. The number of nitrogens with two attached hydrogens (primary N) is 1. The monoisotopic (exact) mass is 253 g/mol. The van der Waals surface area contributed by atoms with E-state index in [0.717, 1.165) is 5.56 Å².